The van der Waals surface area contributed by atoms with Crippen molar-refractivity contribution in [3.8, 4) is 0 Å². The average molecular weight is 568 g/mol. The van der Waals surface area contributed by atoms with E-state index in [-0.39, 0.29) is 24.0 Å². The third-order valence-electron chi connectivity index (χ3n) is 6.60. The van der Waals surface area contributed by atoms with Crippen LogP contribution in [-0.4, -0.2) is 79.6 Å². The molecule has 3 aliphatic rings. The molecule has 9 heteroatoms. The van der Waals surface area contributed by atoms with Gasteiger partial charge in [-0.15, -0.1) is 35.3 Å². The lowest BCUT2D eigenvalue weighted by molar-refractivity contribution is 0.248. The van der Waals surface area contributed by atoms with Gasteiger partial charge in [-0.05, 0) is 36.5 Å². The molecular formula is C23H34IN7S. The van der Waals surface area contributed by atoms with Crippen LogP contribution in [0.2, 0.25) is 0 Å². The summed E-state index contributed by atoms with van der Waals surface area (Å²) in [4.78, 5) is 18.7. The summed E-state index contributed by atoms with van der Waals surface area (Å²) in [6, 6.07) is 8.88. The normalized spacial score (nSPS) is 20.4. The van der Waals surface area contributed by atoms with Crippen LogP contribution in [0.5, 0.6) is 0 Å². The molecule has 0 radical (unpaired) electrons. The highest BCUT2D eigenvalue weighted by Gasteiger charge is 2.26. The largest absolute Gasteiger partial charge is 0.370 e. The second-order valence-corrected chi connectivity index (χ2v) is 9.73. The minimum Gasteiger partial charge on any atom is -0.370 e. The quantitative estimate of drug-likeness (QED) is 0.329. The molecule has 5 rings (SSSR count). The van der Waals surface area contributed by atoms with Gasteiger partial charge >= 0.3 is 0 Å². The number of guanidine groups is 1. The molecule has 1 aliphatic carbocycles. The van der Waals surface area contributed by atoms with Gasteiger partial charge in [-0.3, -0.25) is 4.90 Å². The Labute approximate surface area is 212 Å². The van der Waals surface area contributed by atoms with Crippen LogP contribution in [0.3, 0.4) is 0 Å². The maximum atomic E-state index is 6.29. The number of aliphatic imine (C=N–C) groups is 1. The fourth-order valence-corrected chi connectivity index (χ4v) is 5.13. The molecular weight excluding hydrogens is 533 g/mol. The number of rotatable bonds is 6. The van der Waals surface area contributed by atoms with E-state index in [1.165, 1.54) is 43.7 Å². The Morgan fingerprint density at radius 3 is 2.28 bits per heavy atom. The Kier molecular flexibility index (Phi) is 8.12. The first-order valence-electron chi connectivity index (χ1n) is 11.5. The van der Waals surface area contributed by atoms with Crippen LogP contribution in [0.15, 0.2) is 40.8 Å². The first-order valence-corrected chi connectivity index (χ1v) is 12.4. The van der Waals surface area contributed by atoms with Crippen LogP contribution in [0.1, 0.15) is 18.4 Å². The predicted octanol–water partition coefficient (Wildman–Crippen LogP) is 2.93. The third kappa shape index (κ3) is 6.05. The van der Waals surface area contributed by atoms with Crippen LogP contribution < -0.4 is 15.5 Å². The second-order valence-electron chi connectivity index (χ2n) is 8.86. The van der Waals surface area contributed by atoms with Gasteiger partial charge in [0.25, 0.3) is 0 Å². The van der Waals surface area contributed by atoms with Crippen LogP contribution >= 0.6 is 35.3 Å². The molecule has 2 saturated heterocycles. The third-order valence-corrected chi connectivity index (χ3v) is 7.44. The zero-order valence-corrected chi connectivity index (χ0v) is 21.8. The Balaban J connectivity index is 0.00000245. The van der Waals surface area contributed by atoms with E-state index in [0.29, 0.717) is 12.5 Å². The van der Waals surface area contributed by atoms with Crippen molar-refractivity contribution >= 4 is 52.1 Å². The van der Waals surface area contributed by atoms with Gasteiger partial charge in [0.05, 0.1) is 6.54 Å². The van der Waals surface area contributed by atoms with Gasteiger partial charge in [0.2, 0.25) is 0 Å². The van der Waals surface area contributed by atoms with Gasteiger partial charge in [-0.2, -0.15) is 0 Å². The molecule has 2 aromatic rings. The molecule has 3 heterocycles. The standard InChI is InChI=1S/C23H33N7S.HI/c24-22(29-12-14-30(15-13-29)23-25-7-16-31-23)26-17-19-3-5-21(6-4-19)28-10-8-27(9-11-28)18-20-1-2-20;/h3-7,16,20H,1-2,8-15,17-18H2,(H2,24,26);1H. The summed E-state index contributed by atoms with van der Waals surface area (Å²) >= 11 is 1.69. The number of halogens is 1. The lowest BCUT2D eigenvalue weighted by atomic mass is 10.1. The minimum atomic E-state index is 0. The number of hydrogen-bond acceptors (Lipinski definition) is 6. The molecule has 3 fully saturated rings. The average Bonchev–Trinajstić information content (AvgIpc) is 3.46. The Bertz CT molecular complexity index is 853. The summed E-state index contributed by atoms with van der Waals surface area (Å²) in [5, 5.41) is 3.12. The first-order chi connectivity index (χ1) is 15.2. The van der Waals surface area contributed by atoms with Crippen molar-refractivity contribution in [2.45, 2.75) is 19.4 Å². The van der Waals surface area contributed by atoms with E-state index in [1.807, 2.05) is 11.6 Å². The van der Waals surface area contributed by atoms with E-state index in [2.05, 4.69) is 53.8 Å². The number of hydrogen-bond donors (Lipinski definition) is 1. The SMILES string of the molecule is I.NC(=NCc1ccc(N2CCN(CC3CC3)CC2)cc1)N1CCN(c2nccs2)CC1. The minimum absolute atomic E-state index is 0. The number of aromatic nitrogens is 1. The Hall–Kier alpha value is -1.59. The van der Waals surface area contributed by atoms with Crippen LogP contribution in [0.25, 0.3) is 0 Å². The zero-order chi connectivity index (χ0) is 21.0. The highest BCUT2D eigenvalue weighted by atomic mass is 127. The van der Waals surface area contributed by atoms with E-state index in [0.717, 1.165) is 50.3 Å². The summed E-state index contributed by atoms with van der Waals surface area (Å²) in [5.74, 6) is 1.63. The van der Waals surface area contributed by atoms with E-state index in [4.69, 9.17) is 5.73 Å². The topological polar surface area (TPSA) is 64.2 Å². The summed E-state index contributed by atoms with van der Waals surface area (Å²) in [6.07, 6.45) is 4.75. The maximum Gasteiger partial charge on any atom is 0.191 e. The fourth-order valence-electron chi connectivity index (χ4n) is 4.44. The Morgan fingerprint density at radius 2 is 1.66 bits per heavy atom. The van der Waals surface area contributed by atoms with Gasteiger partial charge in [-0.25, -0.2) is 9.98 Å². The molecule has 1 saturated carbocycles. The Morgan fingerprint density at radius 1 is 0.969 bits per heavy atom. The molecule has 174 valence electrons. The summed E-state index contributed by atoms with van der Waals surface area (Å²) in [7, 11) is 0. The van der Waals surface area contributed by atoms with Crippen molar-refractivity contribution in [2.75, 3.05) is 68.7 Å². The lowest BCUT2D eigenvalue weighted by Crippen LogP contribution is -2.51. The van der Waals surface area contributed by atoms with Crippen molar-refractivity contribution < 1.29 is 0 Å². The molecule has 0 bridgehead atoms. The van der Waals surface area contributed by atoms with Gasteiger partial charge in [0, 0.05) is 76.2 Å². The molecule has 0 amide bonds. The molecule has 0 unspecified atom stereocenters. The van der Waals surface area contributed by atoms with E-state index in [9.17, 15) is 0 Å². The number of benzene rings is 1. The molecule has 1 aromatic heterocycles. The van der Waals surface area contributed by atoms with Crippen LogP contribution in [0, 0.1) is 5.92 Å². The summed E-state index contributed by atoms with van der Waals surface area (Å²) in [6.45, 7) is 10.2. The van der Waals surface area contributed by atoms with Gasteiger partial charge in [0.1, 0.15) is 0 Å². The molecule has 7 nitrogen and oxygen atoms in total. The van der Waals surface area contributed by atoms with Crippen molar-refractivity contribution in [1.82, 2.24) is 14.8 Å². The van der Waals surface area contributed by atoms with E-state index < -0.39 is 0 Å². The van der Waals surface area contributed by atoms with Crippen molar-refractivity contribution in [3.63, 3.8) is 0 Å². The number of nitrogens with two attached hydrogens (primary N) is 1. The molecule has 2 N–H and O–H groups in total. The smallest absolute Gasteiger partial charge is 0.191 e. The van der Waals surface area contributed by atoms with Gasteiger partial charge < -0.3 is 20.4 Å². The molecule has 2 aliphatic heterocycles. The highest BCUT2D eigenvalue weighted by Crippen LogP contribution is 2.30. The number of piperazine rings is 2. The second kappa shape index (κ2) is 11.0. The maximum absolute atomic E-state index is 6.29. The summed E-state index contributed by atoms with van der Waals surface area (Å²) in [5.41, 5.74) is 8.82. The van der Waals surface area contributed by atoms with Crippen LogP contribution in [-0.2, 0) is 6.54 Å². The number of nitrogens with zero attached hydrogens (tertiary/aromatic N) is 6. The van der Waals surface area contributed by atoms with Gasteiger partial charge in [0.15, 0.2) is 11.1 Å². The van der Waals surface area contributed by atoms with E-state index in [1.54, 1.807) is 11.3 Å². The molecule has 0 spiro atoms. The van der Waals surface area contributed by atoms with Crippen LogP contribution in [0.4, 0.5) is 10.8 Å². The zero-order valence-electron chi connectivity index (χ0n) is 18.6. The first kappa shape index (κ1) is 23.6. The molecule has 32 heavy (non-hydrogen) atoms. The van der Waals surface area contributed by atoms with Gasteiger partial charge in [-0.1, -0.05) is 12.1 Å². The monoisotopic (exact) mass is 567 g/mol. The number of anilines is 2. The lowest BCUT2D eigenvalue weighted by Gasteiger charge is -2.36. The molecule has 0 atom stereocenters. The summed E-state index contributed by atoms with van der Waals surface area (Å²) < 4.78 is 0. The van der Waals surface area contributed by atoms with E-state index >= 15 is 0 Å². The highest BCUT2D eigenvalue weighted by molar-refractivity contribution is 14.0. The van der Waals surface area contributed by atoms with Crippen molar-refractivity contribution in [2.24, 2.45) is 16.6 Å². The van der Waals surface area contributed by atoms with Crippen molar-refractivity contribution in [1.29, 1.82) is 0 Å². The fraction of sp³-hybridized carbons (Fsp3) is 0.565. The predicted molar refractivity (Wildman–Crippen MR) is 144 cm³/mol. The number of thiazole rings is 1. The van der Waals surface area contributed by atoms with Crippen molar-refractivity contribution in [3.05, 3.63) is 41.4 Å². The molecule has 1 aromatic carbocycles.